The number of thioether (sulfide) groups is 1. The zero-order valence-electron chi connectivity index (χ0n) is 9.42. The number of anilines is 2. The molecule has 0 saturated carbocycles. The summed E-state index contributed by atoms with van der Waals surface area (Å²) in [5.74, 6) is 1.30. The summed E-state index contributed by atoms with van der Waals surface area (Å²) in [5, 5.41) is 4.84. The lowest BCUT2D eigenvalue weighted by Crippen LogP contribution is -2.14. The fourth-order valence-electron chi connectivity index (χ4n) is 1.92. The van der Waals surface area contributed by atoms with E-state index in [1.54, 1.807) is 0 Å². The fraction of sp³-hybridized carbons (Fsp3) is 0.500. The second-order valence-electron chi connectivity index (χ2n) is 4.20. The van der Waals surface area contributed by atoms with Crippen LogP contribution in [0.15, 0.2) is 12.1 Å². The number of rotatable bonds is 3. The maximum absolute atomic E-state index is 6.01. The molecule has 1 aromatic carbocycles. The van der Waals surface area contributed by atoms with Crippen LogP contribution in [0.1, 0.15) is 18.4 Å². The van der Waals surface area contributed by atoms with Crippen molar-refractivity contribution >= 4 is 34.7 Å². The summed E-state index contributed by atoms with van der Waals surface area (Å²) in [7, 11) is 0. The van der Waals surface area contributed by atoms with Crippen LogP contribution in [0.4, 0.5) is 11.4 Å². The number of nitrogens with two attached hydrogens (primary N) is 1. The molecule has 4 heteroatoms. The smallest absolute Gasteiger partial charge is 0.0656 e. The van der Waals surface area contributed by atoms with Gasteiger partial charge < -0.3 is 11.1 Å². The third-order valence-corrected chi connectivity index (χ3v) is 4.61. The Morgan fingerprint density at radius 1 is 1.56 bits per heavy atom. The zero-order chi connectivity index (χ0) is 11.5. The Morgan fingerprint density at radius 2 is 2.38 bits per heavy atom. The predicted octanol–water partition coefficient (Wildman–Crippen LogP) is 3.54. The predicted molar refractivity (Wildman–Crippen MR) is 74.6 cm³/mol. The molecule has 3 N–H and O–H groups in total. The number of nitrogens with one attached hydrogen (secondary N) is 1. The molecule has 1 aromatic rings. The van der Waals surface area contributed by atoms with Gasteiger partial charge in [-0.25, -0.2) is 0 Å². The van der Waals surface area contributed by atoms with Crippen molar-refractivity contribution in [3.63, 3.8) is 0 Å². The molecule has 1 aliphatic heterocycles. The van der Waals surface area contributed by atoms with Crippen LogP contribution in [-0.2, 0) is 0 Å². The second-order valence-corrected chi connectivity index (χ2v) is 6.02. The van der Waals surface area contributed by atoms with Crippen LogP contribution in [0.5, 0.6) is 0 Å². The van der Waals surface area contributed by atoms with Gasteiger partial charge in [-0.3, -0.25) is 0 Å². The summed E-state index contributed by atoms with van der Waals surface area (Å²) in [4.78, 5) is 0. The average Bonchev–Trinajstić information content (AvgIpc) is 2.74. The minimum absolute atomic E-state index is 0.632. The molecule has 1 heterocycles. The minimum Gasteiger partial charge on any atom is -0.398 e. The van der Waals surface area contributed by atoms with Crippen LogP contribution in [0.3, 0.4) is 0 Å². The van der Waals surface area contributed by atoms with Crippen molar-refractivity contribution < 1.29 is 0 Å². The van der Waals surface area contributed by atoms with E-state index in [-0.39, 0.29) is 0 Å². The van der Waals surface area contributed by atoms with Gasteiger partial charge in [0.2, 0.25) is 0 Å². The Hall–Kier alpha value is -0.540. The molecule has 1 atom stereocenters. The molecule has 2 rings (SSSR count). The summed E-state index contributed by atoms with van der Waals surface area (Å²) in [6.07, 6.45) is 2.66. The van der Waals surface area contributed by atoms with Gasteiger partial charge in [0.1, 0.15) is 0 Å². The molecule has 1 fully saturated rings. The van der Waals surface area contributed by atoms with Gasteiger partial charge >= 0.3 is 0 Å². The molecule has 88 valence electrons. The van der Waals surface area contributed by atoms with Crippen molar-refractivity contribution in [1.29, 1.82) is 0 Å². The van der Waals surface area contributed by atoms with E-state index < -0.39 is 0 Å². The van der Waals surface area contributed by atoms with Crippen LogP contribution < -0.4 is 11.1 Å². The Kier molecular flexibility index (Phi) is 3.87. The Labute approximate surface area is 106 Å². The Balaban J connectivity index is 2.00. The van der Waals surface area contributed by atoms with Crippen LogP contribution in [0.2, 0.25) is 5.02 Å². The van der Waals surface area contributed by atoms with Gasteiger partial charge in [0.25, 0.3) is 0 Å². The summed E-state index contributed by atoms with van der Waals surface area (Å²) >= 11 is 8.07. The molecule has 1 aliphatic rings. The number of aryl methyl sites for hydroxylation is 1. The van der Waals surface area contributed by atoms with E-state index in [9.17, 15) is 0 Å². The van der Waals surface area contributed by atoms with Crippen molar-refractivity contribution in [1.82, 2.24) is 0 Å². The van der Waals surface area contributed by atoms with Crippen molar-refractivity contribution in [3.8, 4) is 0 Å². The highest BCUT2D eigenvalue weighted by Gasteiger charge is 2.15. The molecule has 1 saturated heterocycles. The van der Waals surface area contributed by atoms with E-state index >= 15 is 0 Å². The molecule has 0 spiro atoms. The largest absolute Gasteiger partial charge is 0.398 e. The van der Waals surface area contributed by atoms with E-state index in [4.69, 9.17) is 17.3 Å². The normalized spacial score (nSPS) is 20.0. The summed E-state index contributed by atoms with van der Waals surface area (Å²) in [6, 6.07) is 3.85. The third kappa shape index (κ3) is 2.77. The average molecular weight is 257 g/mol. The fourth-order valence-corrected chi connectivity index (χ4v) is 3.29. The molecule has 16 heavy (non-hydrogen) atoms. The lowest BCUT2D eigenvalue weighted by molar-refractivity contribution is 0.805. The molecule has 0 radical (unpaired) electrons. The van der Waals surface area contributed by atoms with Crippen LogP contribution in [0.25, 0.3) is 0 Å². The topological polar surface area (TPSA) is 38.0 Å². The summed E-state index contributed by atoms with van der Waals surface area (Å²) < 4.78 is 0. The van der Waals surface area contributed by atoms with Crippen LogP contribution in [-0.4, -0.2) is 17.5 Å². The molecular weight excluding hydrogens is 240 g/mol. The highest BCUT2D eigenvalue weighted by Crippen LogP contribution is 2.29. The first-order valence-corrected chi connectivity index (χ1v) is 7.00. The lowest BCUT2D eigenvalue weighted by atomic mass is 10.1. The number of hydrogen-bond donors (Lipinski definition) is 2. The van der Waals surface area contributed by atoms with Crippen molar-refractivity contribution in [2.45, 2.75) is 25.0 Å². The Morgan fingerprint density at radius 3 is 3.06 bits per heavy atom. The number of nitrogen functional groups attached to an aromatic ring is 1. The van der Waals surface area contributed by atoms with Gasteiger partial charge in [-0.15, -0.1) is 0 Å². The Bertz CT molecular complexity index is 376. The lowest BCUT2D eigenvalue weighted by Gasteiger charge is -2.14. The first-order valence-electron chi connectivity index (χ1n) is 5.58. The van der Waals surface area contributed by atoms with Crippen molar-refractivity contribution in [3.05, 3.63) is 22.7 Å². The van der Waals surface area contributed by atoms with E-state index in [0.717, 1.165) is 23.0 Å². The monoisotopic (exact) mass is 256 g/mol. The maximum Gasteiger partial charge on any atom is 0.0656 e. The maximum atomic E-state index is 6.01. The molecule has 0 aliphatic carbocycles. The van der Waals surface area contributed by atoms with E-state index in [1.165, 1.54) is 18.6 Å². The molecule has 0 aromatic heterocycles. The van der Waals surface area contributed by atoms with Crippen LogP contribution >= 0.6 is 23.4 Å². The quantitative estimate of drug-likeness (QED) is 0.813. The first-order chi connectivity index (χ1) is 7.66. The number of hydrogen-bond acceptors (Lipinski definition) is 3. The molecular formula is C12H17ClN2S. The van der Waals surface area contributed by atoms with Gasteiger partial charge in [0, 0.05) is 17.5 Å². The number of halogens is 1. The third-order valence-electron chi connectivity index (χ3n) is 2.89. The highest BCUT2D eigenvalue weighted by molar-refractivity contribution is 8.00. The summed E-state index contributed by atoms with van der Waals surface area (Å²) in [5.41, 5.74) is 8.66. The van der Waals surface area contributed by atoms with Gasteiger partial charge in [-0.05, 0) is 43.2 Å². The standard InChI is InChI=1S/C12H17ClN2S/c1-8-5-11(14)10(13)6-12(8)15-7-9-3-2-4-16-9/h5-6,9,15H,2-4,7,14H2,1H3. The molecule has 2 nitrogen and oxygen atoms in total. The zero-order valence-corrected chi connectivity index (χ0v) is 11.0. The van der Waals surface area contributed by atoms with Crippen molar-refractivity contribution in [2.24, 2.45) is 0 Å². The SMILES string of the molecule is Cc1cc(N)c(Cl)cc1NCC1CCCS1. The van der Waals surface area contributed by atoms with Gasteiger partial charge in [0.05, 0.1) is 10.7 Å². The molecule has 0 amide bonds. The first kappa shape index (κ1) is 11.9. The van der Waals surface area contributed by atoms with Gasteiger partial charge in [0.15, 0.2) is 0 Å². The van der Waals surface area contributed by atoms with Crippen LogP contribution in [0, 0.1) is 6.92 Å². The van der Waals surface area contributed by atoms with Gasteiger partial charge in [-0.2, -0.15) is 11.8 Å². The molecule has 1 unspecified atom stereocenters. The van der Waals surface area contributed by atoms with Crippen molar-refractivity contribution in [2.75, 3.05) is 23.3 Å². The molecule has 0 bridgehead atoms. The minimum atomic E-state index is 0.632. The summed E-state index contributed by atoms with van der Waals surface area (Å²) in [6.45, 7) is 3.07. The highest BCUT2D eigenvalue weighted by atomic mass is 35.5. The van der Waals surface area contributed by atoms with Gasteiger partial charge in [-0.1, -0.05) is 11.6 Å². The number of benzene rings is 1. The van der Waals surface area contributed by atoms with E-state index in [2.05, 4.69) is 24.0 Å². The van der Waals surface area contributed by atoms with E-state index in [0.29, 0.717) is 10.7 Å². The van der Waals surface area contributed by atoms with E-state index in [1.807, 2.05) is 12.1 Å². The second kappa shape index (κ2) is 5.19.